The summed E-state index contributed by atoms with van der Waals surface area (Å²) in [6, 6.07) is 11.1. The van der Waals surface area contributed by atoms with E-state index in [-0.39, 0.29) is 46.9 Å². The highest BCUT2D eigenvalue weighted by atomic mass is 16.6. The molecule has 2 aromatic heterocycles. The fourth-order valence-corrected chi connectivity index (χ4v) is 8.91. The first-order chi connectivity index (χ1) is 24.2. The number of anilines is 1. The number of hydrogen-bond acceptors (Lipinski definition) is 7. The van der Waals surface area contributed by atoms with Gasteiger partial charge in [0, 0.05) is 43.1 Å². The molecule has 1 unspecified atom stereocenters. The molecule has 3 heterocycles. The van der Waals surface area contributed by atoms with Gasteiger partial charge < -0.3 is 19.5 Å². The summed E-state index contributed by atoms with van der Waals surface area (Å²) in [6.45, 7) is 8.24. The first kappa shape index (κ1) is 34.5. The number of alkyl carbamates (subject to hydrolysis) is 1. The smallest absolute Gasteiger partial charge is 0.407 e. The molecule has 2 bridgehead atoms. The van der Waals surface area contributed by atoms with Crippen molar-refractivity contribution in [2.75, 3.05) is 31.8 Å². The van der Waals surface area contributed by atoms with Crippen LogP contribution in [0.5, 0.6) is 5.75 Å². The van der Waals surface area contributed by atoms with Crippen molar-refractivity contribution in [2.45, 2.75) is 115 Å². The molecule has 3 aromatic rings. The lowest BCUT2D eigenvalue weighted by Crippen LogP contribution is -2.52. The van der Waals surface area contributed by atoms with Gasteiger partial charge in [-0.15, -0.1) is 0 Å². The number of amides is 2. The zero-order chi connectivity index (χ0) is 34.9. The predicted octanol–water partition coefficient (Wildman–Crippen LogP) is 7.54. The van der Waals surface area contributed by atoms with Crippen LogP contribution in [0, 0.1) is 18.3 Å². The molecule has 1 N–H and O–H groups in total. The van der Waals surface area contributed by atoms with Crippen molar-refractivity contribution in [3.05, 3.63) is 60.0 Å². The van der Waals surface area contributed by atoms with E-state index in [1.807, 2.05) is 28.0 Å². The second-order valence-corrected chi connectivity index (χ2v) is 15.7. The van der Waals surface area contributed by atoms with Gasteiger partial charge in [0.05, 0.1) is 26.0 Å². The molecule has 1 aromatic carbocycles. The van der Waals surface area contributed by atoms with E-state index >= 15 is 0 Å². The van der Waals surface area contributed by atoms with Gasteiger partial charge in [-0.1, -0.05) is 12.1 Å². The first-order valence-electron chi connectivity index (χ1n) is 18.7. The Labute approximate surface area is 296 Å². The number of benzene rings is 1. The summed E-state index contributed by atoms with van der Waals surface area (Å²) in [5.41, 5.74) is 4.89. The van der Waals surface area contributed by atoms with E-state index in [9.17, 15) is 9.59 Å². The van der Waals surface area contributed by atoms with Gasteiger partial charge in [-0.05, 0) is 137 Å². The molecule has 5 fully saturated rings. The van der Waals surface area contributed by atoms with Crippen molar-refractivity contribution < 1.29 is 23.8 Å². The average molecular weight is 684 g/mol. The third-order valence-electron chi connectivity index (χ3n) is 12.2. The van der Waals surface area contributed by atoms with Crippen molar-refractivity contribution in [3.63, 3.8) is 0 Å². The van der Waals surface area contributed by atoms with Crippen molar-refractivity contribution in [2.24, 2.45) is 11.3 Å². The van der Waals surface area contributed by atoms with E-state index in [2.05, 4.69) is 61.6 Å². The summed E-state index contributed by atoms with van der Waals surface area (Å²) in [7, 11) is 1.73. The quantitative estimate of drug-likeness (QED) is 0.235. The minimum absolute atomic E-state index is 0.0152. The molecule has 10 heteroatoms. The van der Waals surface area contributed by atoms with Crippen LogP contribution < -0.4 is 15.0 Å². The second kappa shape index (κ2) is 14.4. The molecule has 268 valence electrons. The number of nitrogens with zero attached hydrogens (tertiary/aromatic N) is 4. The molecule has 10 nitrogen and oxygen atoms in total. The number of hydrogen-bond donors (Lipinski definition) is 1. The van der Waals surface area contributed by atoms with E-state index in [4.69, 9.17) is 19.2 Å². The van der Waals surface area contributed by atoms with Gasteiger partial charge in [-0.2, -0.15) is 5.10 Å². The number of carbonyl (C=O) groups excluding carboxylic acids is 2. The Kier molecular flexibility index (Phi) is 9.92. The highest BCUT2D eigenvalue weighted by molar-refractivity contribution is 5.95. The molecule has 1 atom stereocenters. The highest BCUT2D eigenvalue weighted by Gasteiger charge is 2.51. The van der Waals surface area contributed by atoms with E-state index < -0.39 is 0 Å². The van der Waals surface area contributed by atoms with E-state index in [0.29, 0.717) is 51.3 Å². The minimum atomic E-state index is -0.381. The van der Waals surface area contributed by atoms with Crippen LogP contribution in [-0.2, 0) is 19.7 Å². The lowest BCUT2D eigenvalue weighted by molar-refractivity contribution is -0.124. The molecular weight excluding hydrogens is 630 g/mol. The largest absolute Gasteiger partial charge is 0.496 e. The molecular formula is C40H53N5O5. The maximum Gasteiger partial charge on any atom is 0.407 e. The SMILES string of the molecule is COc1ccc(C23CCC(CN(C(=O)C4CCC(OC(=O)NC5CCOC5)CC4)c4cc(-c5cnn(C(C)C)c5)ccn4)(CC2)CC3)cc1C. The summed E-state index contributed by atoms with van der Waals surface area (Å²) >= 11 is 0. The number of pyridine rings is 1. The number of aromatic nitrogens is 3. The number of ether oxygens (including phenoxy) is 3. The fraction of sp³-hybridized carbons (Fsp3) is 0.600. The van der Waals surface area contributed by atoms with Gasteiger partial charge in [-0.25, -0.2) is 9.78 Å². The summed E-state index contributed by atoms with van der Waals surface area (Å²) in [5, 5.41) is 7.49. The lowest BCUT2D eigenvalue weighted by Gasteiger charge is -2.55. The Morgan fingerprint density at radius 2 is 1.78 bits per heavy atom. The van der Waals surface area contributed by atoms with Crippen molar-refractivity contribution >= 4 is 17.8 Å². The van der Waals surface area contributed by atoms with Crippen molar-refractivity contribution in [3.8, 4) is 16.9 Å². The molecule has 0 spiro atoms. The number of fused-ring (bicyclic) bond motifs is 3. The van der Waals surface area contributed by atoms with Crippen LogP contribution in [-0.4, -0.2) is 65.8 Å². The number of methoxy groups -OCH3 is 1. The monoisotopic (exact) mass is 683 g/mol. The fourth-order valence-electron chi connectivity index (χ4n) is 8.91. The Balaban J connectivity index is 1.08. The second-order valence-electron chi connectivity index (χ2n) is 15.7. The molecule has 5 aliphatic rings. The molecule has 2 amide bonds. The van der Waals surface area contributed by atoms with Crippen LogP contribution in [0.25, 0.3) is 11.1 Å². The van der Waals surface area contributed by atoms with Crippen molar-refractivity contribution in [1.82, 2.24) is 20.1 Å². The Morgan fingerprint density at radius 3 is 2.42 bits per heavy atom. The average Bonchev–Trinajstić information content (AvgIpc) is 3.85. The summed E-state index contributed by atoms with van der Waals surface area (Å²) < 4.78 is 18.7. The van der Waals surface area contributed by atoms with Gasteiger partial charge >= 0.3 is 6.09 Å². The minimum Gasteiger partial charge on any atom is -0.496 e. The van der Waals surface area contributed by atoms with Crippen LogP contribution in [0.2, 0.25) is 0 Å². The number of nitrogens with one attached hydrogen (secondary N) is 1. The first-order valence-corrected chi connectivity index (χ1v) is 18.7. The summed E-state index contributed by atoms with van der Waals surface area (Å²) in [5.74, 6) is 1.65. The van der Waals surface area contributed by atoms with Crippen LogP contribution in [0.15, 0.2) is 48.9 Å². The standard InChI is InChI=1S/C40H53N5O5/c1-27(2)45-24-31(23-42-45)30-11-19-41-36(22-30)44(37(46)29-5-8-34(9-6-29)50-38(47)43-33-12-20-49-25-33)26-39-13-16-40(17-14-39,18-15-39)32-7-10-35(48-4)28(3)21-32/h7,10-11,19,21-24,27,29,33-34H,5-6,8-9,12-18,20,25-26H2,1-4H3,(H,43,47). The zero-order valence-electron chi connectivity index (χ0n) is 30.2. The summed E-state index contributed by atoms with van der Waals surface area (Å²) in [4.78, 5) is 34.0. The van der Waals surface area contributed by atoms with Crippen molar-refractivity contribution in [1.29, 1.82) is 0 Å². The molecule has 4 aliphatic carbocycles. The number of rotatable bonds is 10. The Hall–Kier alpha value is -3.92. The third-order valence-corrected chi connectivity index (χ3v) is 12.2. The predicted molar refractivity (Wildman–Crippen MR) is 192 cm³/mol. The topological polar surface area (TPSA) is 108 Å². The van der Waals surface area contributed by atoms with E-state index in [1.165, 1.54) is 11.1 Å². The van der Waals surface area contributed by atoms with Gasteiger partial charge in [0.1, 0.15) is 17.7 Å². The van der Waals surface area contributed by atoms with E-state index in [0.717, 1.165) is 61.8 Å². The maximum atomic E-state index is 14.6. The molecule has 50 heavy (non-hydrogen) atoms. The third kappa shape index (κ3) is 7.13. The van der Waals surface area contributed by atoms with Gasteiger partial charge in [0.25, 0.3) is 0 Å². The summed E-state index contributed by atoms with van der Waals surface area (Å²) in [6.07, 6.45) is 15.4. The van der Waals surface area contributed by atoms with Crippen LogP contribution in [0.4, 0.5) is 10.6 Å². The maximum absolute atomic E-state index is 14.6. The van der Waals surface area contributed by atoms with Crippen LogP contribution >= 0.6 is 0 Å². The van der Waals surface area contributed by atoms with E-state index in [1.54, 1.807) is 7.11 Å². The normalized spacial score (nSPS) is 27.7. The zero-order valence-corrected chi connectivity index (χ0v) is 30.2. The lowest BCUT2D eigenvalue weighted by atomic mass is 9.51. The molecule has 8 rings (SSSR count). The number of aryl methyl sites for hydroxylation is 1. The molecule has 4 saturated carbocycles. The molecule has 1 aliphatic heterocycles. The van der Waals surface area contributed by atoms with Crippen LogP contribution in [0.1, 0.15) is 102 Å². The van der Waals surface area contributed by atoms with Crippen LogP contribution in [0.3, 0.4) is 0 Å². The highest BCUT2D eigenvalue weighted by Crippen LogP contribution is 2.58. The van der Waals surface area contributed by atoms with Gasteiger partial charge in [-0.3, -0.25) is 14.4 Å². The van der Waals surface area contributed by atoms with Gasteiger partial charge in [0.2, 0.25) is 5.91 Å². The Morgan fingerprint density at radius 1 is 1.02 bits per heavy atom. The molecule has 1 saturated heterocycles. The Bertz CT molecular complexity index is 1650. The molecule has 0 radical (unpaired) electrons. The van der Waals surface area contributed by atoms with Gasteiger partial charge in [0.15, 0.2) is 0 Å². The number of carbonyl (C=O) groups is 2.